The molecule has 1 nitrogen and oxygen atoms in total. The number of hydrogen-bond acceptors (Lipinski definition) is 1. The molecule has 102 valence electrons. The van der Waals surface area contributed by atoms with Gasteiger partial charge in [0.05, 0.1) is 18.1 Å². The quantitative estimate of drug-likeness (QED) is 0.757. The lowest BCUT2D eigenvalue weighted by atomic mass is 9.97. The van der Waals surface area contributed by atoms with Crippen LogP contribution in [0.2, 0.25) is 5.02 Å². The van der Waals surface area contributed by atoms with Crippen LogP contribution in [-0.4, -0.2) is 0 Å². The molecule has 2 aromatic rings. The molecule has 2 aromatic carbocycles. The number of benzene rings is 2. The van der Waals surface area contributed by atoms with Crippen molar-refractivity contribution in [3.63, 3.8) is 0 Å². The van der Waals surface area contributed by atoms with Gasteiger partial charge in [0.15, 0.2) is 0 Å². The van der Waals surface area contributed by atoms with Crippen molar-refractivity contribution < 1.29 is 13.2 Å². The van der Waals surface area contributed by atoms with E-state index in [-0.39, 0.29) is 12.0 Å². The molecule has 0 N–H and O–H groups in total. The van der Waals surface area contributed by atoms with Gasteiger partial charge in [-0.15, -0.1) is 0 Å². The molecular weight excluding hydrogens is 287 g/mol. The normalized spacial score (nSPS) is 11.2. The van der Waals surface area contributed by atoms with Crippen molar-refractivity contribution in [2.75, 3.05) is 0 Å². The van der Waals surface area contributed by atoms with Crippen LogP contribution in [0.5, 0.6) is 0 Å². The van der Waals surface area contributed by atoms with Gasteiger partial charge in [-0.05, 0) is 34.9 Å². The van der Waals surface area contributed by atoms with Gasteiger partial charge < -0.3 is 0 Å². The van der Waals surface area contributed by atoms with Crippen molar-refractivity contribution in [1.29, 1.82) is 5.26 Å². The molecule has 0 saturated carbocycles. The highest BCUT2D eigenvalue weighted by Gasteiger charge is 2.33. The minimum absolute atomic E-state index is 0.0564. The van der Waals surface area contributed by atoms with Gasteiger partial charge in [0, 0.05) is 5.02 Å². The lowest BCUT2D eigenvalue weighted by Gasteiger charge is -2.13. The van der Waals surface area contributed by atoms with E-state index in [1.807, 2.05) is 6.07 Å². The lowest BCUT2D eigenvalue weighted by Crippen LogP contribution is -2.06. The van der Waals surface area contributed by atoms with Crippen LogP contribution in [0.15, 0.2) is 42.5 Å². The minimum atomic E-state index is -4.42. The molecule has 5 heteroatoms. The van der Waals surface area contributed by atoms with Crippen molar-refractivity contribution in [3.05, 3.63) is 58.6 Å². The second-order valence-corrected chi connectivity index (χ2v) is 4.59. The largest absolute Gasteiger partial charge is 0.417 e. The zero-order chi connectivity index (χ0) is 14.8. The summed E-state index contributed by atoms with van der Waals surface area (Å²) >= 11 is 5.92. The summed E-state index contributed by atoms with van der Waals surface area (Å²) in [6.45, 7) is 0. The maximum absolute atomic E-state index is 13.0. The Kier molecular flexibility index (Phi) is 4.01. The smallest absolute Gasteiger partial charge is 0.198 e. The molecule has 0 fully saturated rings. The molecule has 2 rings (SSSR count). The molecular formula is C15H9ClF3N. The maximum atomic E-state index is 13.0. The maximum Gasteiger partial charge on any atom is 0.417 e. The summed E-state index contributed by atoms with van der Waals surface area (Å²) in [4.78, 5) is 0. The van der Waals surface area contributed by atoms with Gasteiger partial charge in [0.1, 0.15) is 0 Å². The Morgan fingerprint density at radius 2 is 1.80 bits per heavy atom. The Labute approximate surface area is 119 Å². The molecule has 0 heterocycles. The highest BCUT2D eigenvalue weighted by Crippen LogP contribution is 2.37. The third-order valence-electron chi connectivity index (χ3n) is 2.86. The molecule has 0 radical (unpaired) electrons. The monoisotopic (exact) mass is 295 g/mol. The summed E-state index contributed by atoms with van der Waals surface area (Å²) in [6.07, 6.45) is -4.37. The summed E-state index contributed by atoms with van der Waals surface area (Å²) in [5.74, 6) is 0. The first-order valence-electron chi connectivity index (χ1n) is 5.75. The lowest BCUT2D eigenvalue weighted by molar-refractivity contribution is -0.137. The molecule has 0 atom stereocenters. The summed E-state index contributed by atoms with van der Waals surface area (Å²) in [5.41, 5.74) is 0.289. The van der Waals surface area contributed by atoms with E-state index in [9.17, 15) is 13.2 Å². The van der Waals surface area contributed by atoms with E-state index < -0.39 is 11.7 Å². The molecule has 0 aliphatic rings. The Hall–Kier alpha value is -1.99. The van der Waals surface area contributed by atoms with Crippen LogP contribution in [0, 0.1) is 11.3 Å². The van der Waals surface area contributed by atoms with Crippen molar-refractivity contribution in [1.82, 2.24) is 0 Å². The third kappa shape index (κ3) is 2.94. The van der Waals surface area contributed by atoms with Crippen LogP contribution in [0.3, 0.4) is 0 Å². The second kappa shape index (κ2) is 5.56. The average molecular weight is 296 g/mol. The zero-order valence-electron chi connectivity index (χ0n) is 10.2. The van der Waals surface area contributed by atoms with Gasteiger partial charge in [-0.2, -0.15) is 18.4 Å². The van der Waals surface area contributed by atoms with E-state index in [4.69, 9.17) is 16.9 Å². The summed E-state index contributed by atoms with van der Waals surface area (Å²) < 4.78 is 39.0. The van der Waals surface area contributed by atoms with Crippen molar-refractivity contribution in [3.8, 4) is 17.2 Å². The second-order valence-electron chi connectivity index (χ2n) is 4.18. The Morgan fingerprint density at radius 1 is 1.10 bits per heavy atom. The van der Waals surface area contributed by atoms with E-state index in [0.717, 1.165) is 6.07 Å². The summed E-state index contributed by atoms with van der Waals surface area (Å²) in [7, 11) is 0. The van der Waals surface area contributed by atoms with Gasteiger partial charge >= 0.3 is 6.18 Å². The van der Waals surface area contributed by atoms with Gasteiger partial charge in [0.25, 0.3) is 0 Å². The van der Waals surface area contributed by atoms with E-state index in [1.54, 1.807) is 6.07 Å². The third-order valence-corrected chi connectivity index (χ3v) is 3.23. The molecule has 0 saturated heterocycles. The molecule has 0 aromatic heterocycles. The molecule has 0 amide bonds. The fraction of sp³-hybridized carbons (Fsp3) is 0.133. The molecule has 0 spiro atoms. The average Bonchev–Trinajstić information content (AvgIpc) is 2.41. The number of alkyl halides is 3. The van der Waals surface area contributed by atoms with Crippen LogP contribution in [0.1, 0.15) is 11.1 Å². The molecule has 0 aliphatic carbocycles. The van der Waals surface area contributed by atoms with Crippen LogP contribution < -0.4 is 0 Å². The predicted molar refractivity (Wildman–Crippen MR) is 71.2 cm³/mol. The van der Waals surface area contributed by atoms with Gasteiger partial charge in [-0.1, -0.05) is 35.9 Å². The SMILES string of the molecule is N#CCc1cc(-c2ccccc2C(F)(F)F)ccc1Cl. The van der Waals surface area contributed by atoms with E-state index in [2.05, 4.69) is 0 Å². The molecule has 0 unspecified atom stereocenters. The topological polar surface area (TPSA) is 23.8 Å². The number of nitrogens with zero attached hydrogens (tertiary/aromatic N) is 1. The molecule has 0 bridgehead atoms. The number of halogens is 4. The fourth-order valence-electron chi connectivity index (χ4n) is 1.94. The number of nitriles is 1. The summed E-state index contributed by atoms with van der Waals surface area (Å²) in [6, 6.07) is 11.8. The standard InChI is InChI=1S/C15H9ClF3N/c16-14-6-5-10(9-11(14)7-8-20)12-3-1-2-4-13(12)15(17,18)19/h1-6,9H,7H2. The van der Waals surface area contributed by atoms with Crippen molar-refractivity contribution in [2.24, 2.45) is 0 Å². The van der Waals surface area contributed by atoms with Crippen molar-refractivity contribution in [2.45, 2.75) is 12.6 Å². The van der Waals surface area contributed by atoms with E-state index >= 15 is 0 Å². The number of hydrogen-bond donors (Lipinski definition) is 0. The van der Waals surface area contributed by atoms with Gasteiger partial charge in [0.2, 0.25) is 0 Å². The van der Waals surface area contributed by atoms with E-state index in [0.29, 0.717) is 16.1 Å². The van der Waals surface area contributed by atoms with Gasteiger partial charge in [-0.25, -0.2) is 0 Å². The predicted octanol–water partition coefficient (Wildman–Crippen LogP) is 5.09. The first-order valence-corrected chi connectivity index (χ1v) is 6.13. The van der Waals surface area contributed by atoms with E-state index in [1.165, 1.54) is 30.3 Å². The summed E-state index contributed by atoms with van der Waals surface area (Å²) in [5, 5.41) is 9.08. The number of rotatable bonds is 2. The molecule has 20 heavy (non-hydrogen) atoms. The first-order chi connectivity index (χ1) is 9.43. The van der Waals surface area contributed by atoms with Crippen LogP contribution in [0.4, 0.5) is 13.2 Å². The Bertz CT molecular complexity index is 672. The van der Waals surface area contributed by atoms with Crippen LogP contribution in [-0.2, 0) is 12.6 Å². The first kappa shape index (κ1) is 14.4. The van der Waals surface area contributed by atoms with Crippen LogP contribution >= 0.6 is 11.6 Å². The zero-order valence-corrected chi connectivity index (χ0v) is 11.0. The molecule has 0 aliphatic heterocycles. The fourth-order valence-corrected chi connectivity index (χ4v) is 2.13. The Balaban J connectivity index is 2.58. The minimum Gasteiger partial charge on any atom is -0.198 e. The van der Waals surface area contributed by atoms with Gasteiger partial charge in [-0.3, -0.25) is 0 Å². The van der Waals surface area contributed by atoms with Crippen molar-refractivity contribution >= 4 is 11.6 Å². The van der Waals surface area contributed by atoms with Crippen LogP contribution in [0.25, 0.3) is 11.1 Å². The highest BCUT2D eigenvalue weighted by molar-refractivity contribution is 6.31. The Morgan fingerprint density at radius 3 is 2.45 bits per heavy atom. The highest BCUT2D eigenvalue weighted by atomic mass is 35.5.